The first-order valence-electron chi connectivity index (χ1n) is 5.60. The van der Waals surface area contributed by atoms with Crippen molar-refractivity contribution in [3.63, 3.8) is 0 Å². The molecule has 0 aromatic heterocycles. The van der Waals surface area contributed by atoms with Crippen molar-refractivity contribution in [1.29, 1.82) is 0 Å². The molecule has 1 aromatic carbocycles. The maximum absolute atomic E-state index is 13.2. The summed E-state index contributed by atoms with van der Waals surface area (Å²) in [5.41, 5.74) is 0.504. The van der Waals surface area contributed by atoms with Crippen LogP contribution in [0.4, 0.5) is 19.3 Å². The van der Waals surface area contributed by atoms with E-state index in [0.29, 0.717) is 0 Å². The van der Waals surface area contributed by atoms with Gasteiger partial charge < -0.3 is 10.6 Å². The number of para-hydroxylation sites is 1. The van der Waals surface area contributed by atoms with Gasteiger partial charge in [-0.2, -0.15) is 0 Å². The summed E-state index contributed by atoms with van der Waals surface area (Å²) in [6.45, 7) is 5.80. The Morgan fingerprint density at radius 2 is 1.83 bits per heavy atom. The van der Waals surface area contributed by atoms with Gasteiger partial charge in [0.1, 0.15) is 17.3 Å². The second kappa shape index (κ2) is 6.14. The molecule has 1 rings (SSSR count). The Hall–Kier alpha value is -1.91. The molecule has 0 saturated carbocycles. The van der Waals surface area contributed by atoms with Crippen LogP contribution in [0.2, 0.25) is 0 Å². The van der Waals surface area contributed by atoms with E-state index in [9.17, 15) is 13.6 Å². The Balaban J connectivity index is 2.69. The number of amides is 2. The van der Waals surface area contributed by atoms with Gasteiger partial charge in [-0.05, 0) is 25.0 Å². The van der Waals surface area contributed by atoms with E-state index in [2.05, 4.69) is 10.6 Å². The zero-order chi connectivity index (χ0) is 13.7. The standard InChI is InChI=1S/C13H16F2N2O/c1-8(2)9(3)7-16-13(18)17-12-10(14)5-4-6-11(12)15/h4-8H,1-3H3,(H2,16,17,18)/b9-7+. The Morgan fingerprint density at radius 3 is 2.33 bits per heavy atom. The zero-order valence-electron chi connectivity index (χ0n) is 10.6. The lowest BCUT2D eigenvalue weighted by molar-refractivity contribution is 0.254. The molecule has 0 atom stereocenters. The van der Waals surface area contributed by atoms with Crippen LogP contribution in [0.3, 0.4) is 0 Å². The van der Waals surface area contributed by atoms with Crippen molar-refractivity contribution < 1.29 is 13.6 Å². The van der Waals surface area contributed by atoms with E-state index in [4.69, 9.17) is 0 Å². The first-order chi connectivity index (χ1) is 8.41. The molecule has 3 nitrogen and oxygen atoms in total. The highest BCUT2D eigenvalue weighted by Gasteiger charge is 2.10. The molecule has 0 fully saturated rings. The topological polar surface area (TPSA) is 41.1 Å². The predicted molar refractivity (Wildman–Crippen MR) is 67.1 cm³/mol. The third-order valence-corrected chi connectivity index (χ3v) is 2.54. The second-order valence-corrected chi connectivity index (χ2v) is 4.24. The Labute approximate surface area is 105 Å². The number of anilines is 1. The predicted octanol–water partition coefficient (Wildman–Crippen LogP) is 3.65. The monoisotopic (exact) mass is 254 g/mol. The summed E-state index contributed by atoms with van der Waals surface area (Å²) in [5.74, 6) is -1.33. The van der Waals surface area contributed by atoms with E-state index in [1.54, 1.807) is 0 Å². The van der Waals surface area contributed by atoms with Crippen LogP contribution in [0.15, 0.2) is 30.0 Å². The maximum atomic E-state index is 13.2. The quantitative estimate of drug-likeness (QED) is 0.849. The molecule has 0 aliphatic rings. The van der Waals surface area contributed by atoms with Gasteiger partial charge in [0.05, 0.1) is 0 Å². The van der Waals surface area contributed by atoms with E-state index in [0.717, 1.165) is 17.7 Å². The molecule has 5 heteroatoms. The second-order valence-electron chi connectivity index (χ2n) is 4.24. The van der Waals surface area contributed by atoms with Crippen LogP contribution < -0.4 is 10.6 Å². The molecule has 0 bridgehead atoms. The van der Waals surface area contributed by atoms with Crippen LogP contribution in [0, 0.1) is 17.6 Å². The fraction of sp³-hybridized carbons (Fsp3) is 0.308. The summed E-state index contributed by atoms with van der Waals surface area (Å²) in [4.78, 5) is 11.4. The van der Waals surface area contributed by atoms with Gasteiger partial charge in [-0.1, -0.05) is 25.5 Å². The van der Waals surface area contributed by atoms with E-state index in [1.807, 2.05) is 20.8 Å². The van der Waals surface area contributed by atoms with Crippen molar-refractivity contribution >= 4 is 11.7 Å². The first-order valence-corrected chi connectivity index (χ1v) is 5.60. The average Bonchev–Trinajstić information content (AvgIpc) is 2.30. The summed E-state index contributed by atoms with van der Waals surface area (Å²) >= 11 is 0. The van der Waals surface area contributed by atoms with Crippen molar-refractivity contribution in [2.75, 3.05) is 5.32 Å². The molecule has 0 saturated heterocycles. The first kappa shape index (κ1) is 14.2. The minimum absolute atomic E-state index is 0.287. The summed E-state index contributed by atoms with van der Waals surface area (Å²) in [7, 11) is 0. The third kappa shape index (κ3) is 3.84. The normalized spacial score (nSPS) is 11.6. The molecular formula is C13H16F2N2O. The van der Waals surface area contributed by atoms with Crippen LogP contribution >= 0.6 is 0 Å². The van der Waals surface area contributed by atoms with Crippen LogP contribution in [0.25, 0.3) is 0 Å². The van der Waals surface area contributed by atoms with Crippen molar-refractivity contribution in [3.05, 3.63) is 41.6 Å². The number of hydrogen-bond donors (Lipinski definition) is 2. The molecule has 0 heterocycles. The minimum Gasteiger partial charge on any atom is -0.314 e. The van der Waals surface area contributed by atoms with Crippen LogP contribution in [0.1, 0.15) is 20.8 Å². The Kier molecular flexibility index (Phi) is 4.83. The molecular weight excluding hydrogens is 238 g/mol. The number of nitrogens with one attached hydrogen (secondary N) is 2. The Morgan fingerprint density at radius 1 is 1.28 bits per heavy atom. The number of allylic oxidation sites excluding steroid dienone is 1. The van der Waals surface area contributed by atoms with Gasteiger partial charge in [-0.25, -0.2) is 13.6 Å². The van der Waals surface area contributed by atoms with Crippen molar-refractivity contribution in [3.8, 4) is 0 Å². The lowest BCUT2D eigenvalue weighted by atomic mass is 10.1. The fourth-order valence-corrected chi connectivity index (χ4v) is 1.11. The van der Waals surface area contributed by atoms with Crippen LogP contribution in [-0.4, -0.2) is 6.03 Å². The summed E-state index contributed by atoms with van der Waals surface area (Å²) in [5, 5.41) is 4.55. The highest BCUT2D eigenvalue weighted by molar-refractivity contribution is 5.90. The lowest BCUT2D eigenvalue weighted by Gasteiger charge is -2.09. The van der Waals surface area contributed by atoms with Crippen LogP contribution in [-0.2, 0) is 0 Å². The highest BCUT2D eigenvalue weighted by Crippen LogP contribution is 2.17. The van der Waals surface area contributed by atoms with Crippen molar-refractivity contribution in [2.24, 2.45) is 5.92 Å². The number of carbonyl (C=O) groups is 1. The number of carbonyl (C=O) groups excluding carboxylic acids is 1. The summed E-state index contributed by atoms with van der Waals surface area (Å²) < 4.78 is 26.5. The highest BCUT2D eigenvalue weighted by atomic mass is 19.1. The summed E-state index contributed by atoms with van der Waals surface area (Å²) in [6, 6.07) is 2.71. The molecule has 98 valence electrons. The largest absolute Gasteiger partial charge is 0.323 e. The number of halogens is 2. The van der Waals surface area contributed by atoms with Gasteiger partial charge in [0.2, 0.25) is 0 Å². The van der Waals surface area contributed by atoms with E-state index < -0.39 is 23.4 Å². The van der Waals surface area contributed by atoms with Crippen molar-refractivity contribution in [1.82, 2.24) is 5.32 Å². The molecule has 1 aromatic rings. The molecule has 0 unspecified atom stereocenters. The number of benzene rings is 1. The number of rotatable bonds is 3. The Bertz CT molecular complexity index is 450. The van der Waals surface area contributed by atoms with Gasteiger partial charge in [-0.15, -0.1) is 0 Å². The van der Waals surface area contributed by atoms with Gasteiger partial charge >= 0.3 is 6.03 Å². The van der Waals surface area contributed by atoms with E-state index in [1.165, 1.54) is 12.3 Å². The maximum Gasteiger partial charge on any atom is 0.323 e. The SMILES string of the molecule is C/C(=C\NC(=O)Nc1c(F)cccc1F)C(C)C. The van der Waals surface area contributed by atoms with E-state index in [-0.39, 0.29) is 5.92 Å². The number of hydrogen-bond acceptors (Lipinski definition) is 1. The average molecular weight is 254 g/mol. The zero-order valence-corrected chi connectivity index (χ0v) is 10.6. The van der Waals surface area contributed by atoms with Gasteiger partial charge in [0.25, 0.3) is 0 Å². The number of urea groups is 1. The van der Waals surface area contributed by atoms with Crippen LogP contribution in [0.5, 0.6) is 0 Å². The van der Waals surface area contributed by atoms with Gasteiger partial charge in [0.15, 0.2) is 0 Å². The molecule has 0 radical (unpaired) electrons. The molecule has 0 aliphatic heterocycles. The van der Waals surface area contributed by atoms with E-state index >= 15 is 0 Å². The lowest BCUT2D eigenvalue weighted by Crippen LogP contribution is -2.25. The molecule has 18 heavy (non-hydrogen) atoms. The minimum atomic E-state index is -0.810. The molecule has 2 N–H and O–H groups in total. The van der Waals surface area contributed by atoms with Gasteiger partial charge in [-0.3, -0.25) is 0 Å². The fourth-order valence-electron chi connectivity index (χ4n) is 1.11. The molecule has 0 spiro atoms. The molecule has 0 aliphatic carbocycles. The summed E-state index contributed by atoms with van der Waals surface area (Å²) in [6.07, 6.45) is 1.51. The van der Waals surface area contributed by atoms with Crippen molar-refractivity contribution in [2.45, 2.75) is 20.8 Å². The smallest absolute Gasteiger partial charge is 0.314 e. The third-order valence-electron chi connectivity index (χ3n) is 2.54. The van der Waals surface area contributed by atoms with Gasteiger partial charge in [0, 0.05) is 6.20 Å². The molecule has 2 amide bonds.